The molecular weight excluding hydrogens is 268 g/mol. The van der Waals surface area contributed by atoms with Crippen LogP contribution in [-0.2, 0) is 4.79 Å². The Morgan fingerprint density at radius 2 is 1.81 bits per heavy atom. The molecule has 5 nitrogen and oxygen atoms in total. The third kappa shape index (κ3) is 3.42. The van der Waals surface area contributed by atoms with Gasteiger partial charge in [-0.3, -0.25) is 9.59 Å². The molecule has 0 unspecified atom stereocenters. The van der Waals surface area contributed by atoms with Gasteiger partial charge in [-0.05, 0) is 25.0 Å². The predicted octanol–water partition coefficient (Wildman–Crippen LogP) is 1.64. The number of hydrogen-bond donors (Lipinski definition) is 1. The van der Waals surface area contributed by atoms with E-state index in [9.17, 15) is 14.7 Å². The summed E-state index contributed by atoms with van der Waals surface area (Å²) in [7, 11) is 3.33. The quantitative estimate of drug-likeness (QED) is 0.676. The Labute approximate surface area is 124 Å². The fourth-order valence-electron chi connectivity index (χ4n) is 2.36. The van der Waals surface area contributed by atoms with E-state index in [-0.39, 0.29) is 23.0 Å². The highest BCUT2D eigenvalue weighted by Crippen LogP contribution is 2.20. The predicted molar refractivity (Wildman–Crippen MR) is 80.0 cm³/mol. The van der Waals surface area contributed by atoms with Crippen LogP contribution in [0, 0.1) is 0 Å². The van der Waals surface area contributed by atoms with Gasteiger partial charge in [-0.15, -0.1) is 0 Å². The molecule has 1 aromatic rings. The zero-order chi connectivity index (χ0) is 15.4. The van der Waals surface area contributed by atoms with E-state index in [2.05, 4.69) is 0 Å². The summed E-state index contributed by atoms with van der Waals surface area (Å²) >= 11 is 0. The molecule has 0 radical (unpaired) electrons. The molecule has 0 aliphatic carbocycles. The molecule has 1 aromatic carbocycles. The third-order valence-corrected chi connectivity index (χ3v) is 3.51. The number of carbonyl (C=O) groups excluding carboxylic acids is 2. The van der Waals surface area contributed by atoms with Gasteiger partial charge in [-0.1, -0.05) is 12.1 Å². The van der Waals surface area contributed by atoms with Crippen LogP contribution in [0.4, 0.5) is 0 Å². The van der Waals surface area contributed by atoms with Crippen LogP contribution in [0.15, 0.2) is 36.0 Å². The SMILES string of the molecule is CN(C)C(=O)/C(=C\C(=O)c1ccccc1O)N1CCCC1. The van der Waals surface area contributed by atoms with Crippen molar-refractivity contribution in [3.63, 3.8) is 0 Å². The van der Waals surface area contributed by atoms with Gasteiger partial charge in [0, 0.05) is 33.3 Å². The van der Waals surface area contributed by atoms with Crippen molar-refractivity contribution in [2.45, 2.75) is 12.8 Å². The molecule has 1 saturated heterocycles. The van der Waals surface area contributed by atoms with Crippen molar-refractivity contribution < 1.29 is 14.7 Å². The van der Waals surface area contributed by atoms with Gasteiger partial charge in [0.1, 0.15) is 11.4 Å². The van der Waals surface area contributed by atoms with Crippen molar-refractivity contribution in [3.8, 4) is 5.75 Å². The molecule has 0 saturated carbocycles. The number of nitrogens with zero attached hydrogens (tertiary/aromatic N) is 2. The van der Waals surface area contributed by atoms with Crippen LogP contribution in [-0.4, -0.2) is 53.8 Å². The number of carbonyl (C=O) groups is 2. The molecule has 1 N–H and O–H groups in total. The highest BCUT2D eigenvalue weighted by atomic mass is 16.3. The van der Waals surface area contributed by atoms with E-state index in [4.69, 9.17) is 0 Å². The smallest absolute Gasteiger partial charge is 0.269 e. The molecule has 1 fully saturated rings. The van der Waals surface area contributed by atoms with E-state index in [1.54, 1.807) is 32.3 Å². The molecule has 21 heavy (non-hydrogen) atoms. The van der Waals surface area contributed by atoms with Crippen molar-refractivity contribution in [1.82, 2.24) is 9.80 Å². The maximum Gasteiger partial charge on any atom is 0.269 e. The first-order valence-electron chi connectivity index (χ1n) is 7.01. The first kappa shape index (κ1) is 15.1. The molecule has 1 aliphatic heterocycles. The van der Waals surface area contributed by atoms with Gasteiger partial charge in [0.15, 0.2) is 5.78 Å². The largest absolute Gasteiger partial charge is 0.507 e. The Morgan fingerprint density at radius 3 is 2.38 bits per heavy atom. The summed E-state index contributed by atoms with van der Waals surface area (Å²) < 4.78 is 0. The van der Waals surface area contributed by atoms with Gasteiger partial charge in [0.2, 0.25) is 0 Å². The molecule has 1 aliphatic rings. The van der Waals surface area contributed by atoms with Gasteiger partial charge in [0.25, 0.3) is 5.91 Å². The molecule has 0 spiro atoms. The Hall–Kier alpha value is -2.30. The molecule has 5 heteroatoms. The average Bonchev–Trinajstić information content (AvgIpc) is 2.98. The summed E-state index contributed by atoms with van der Waals surface area (Å²) in [4.78, 5) is 28.0. The fourth-order valence-corrected chi connectivity index (χ4v) is 2.36. The zero-order valence-corrected chi connectivity index (χ0v) is 12.4. The van der Waals surface area contributed by atoms with E-state index in [1.807, 2.05) is 4.90 Å². The number of aromatic hydroxyl groups is 1. The lowest BCUT2D eigenvalue weighted by Gasteiger charge is -2.23. The van der Waals surface area contributed by atoms with Crippen molar-refractivity contribution in [2.24, 2.45) is 0 Å². The van der Waals surface area contributed by atoms with E-state index in [1.165, 1.54) is 17.0 Å². The summed E-state index contributed by atoms with van der Waals surface area (Å²) in [6, 6.07) is 6.35. The van der Waals surface area contributed by atoms with Crippen LogP contribution in [0.2, 0.25) is 0 Å². The normalized spacial score (nSPS) is 15.1. The van der Waals surface area contributed by atoms with Crippen LogP contribution in [0.5, 0.6) is 5.75 Å². The molecule has 2 rings (SSSR count). The molecule has 0 aromatic heterocycles. The minimum atomic E-state index is -0.356. The van der Waals surface area contributed by atoms with E-state index in [0.717, 1.165) is 25.9 Å². The number of benzene rings is 1. The Morgan fingerprint density at radius 1 is 1.19 bits per heavy atom. The van der Waals surface area contributed by atoms with Crippen molar-refractivity contribution in [3.05, 3.63) is 41.6 Å². The van der Waals surface area contributed by atoms with Gasteiger partial charge in [0.05, 0.1) is 5.56 Å². The molecule has 1 amide bonds. The number of amides is 1. The van der Waals surface area contributed by atoms with Crippen LogP contribution in [0.25, 0.3) is 0 Å². The molecule has 1 heterocycles. The Bertz CT molecular complexity index is 573. The second kappa shape index (κ2) is 6.43. The van der Waals surface area contributed by atoms with Crippen molar-refractivity contribution in [2.75, 3.05) is 27.2 Å². The number of likely N-dealkylation sites (tertiary alicyclic amines) is 1. The van der Waals surface area contributed by atoms with E-state index in [0.29, 0.717) is 5.70 Å². The van der Waals surface area contributed by atoms with Gasteiger partial charge < -0.3 is 14.9 Å². The lowest BCUT2D eigenvalue weighted by molar-refractivity contribution is -0.126. The summed E-state index contributed by atoms with van der Waals surface area (Å²) in [6.07, 6.45) is 3.37. The second-order valence-electron chi connectivity index (χ2n) is 5.30. The highest BCUT2D eigenvalue weighted by Gasteiger charge is 2.23. The number of rotatable bonds is 4. The molecule has 112 valence electrons. The number of para-hydroxylation sites is 1. The third-order valence-electron chi connectivity index (χ3n) is 3.51. The summed E-state index contributed by atoms with van der Waals surface area (Å²) in [5.74, 6) is -0.623. The van der Waals surface area contributed by atoms with Crippen LogP contribution < -0.4 is 0 Å². The maximum absolute atomic E-state index is 12.3. The zero-order valence-electron chi connectivity index (χ0n) is 12.4. The Kier molecular flexibility index (Phi) is 4.62. The van der Waals surface area contributed by atoms with Crippen LogP contribution in [0.3, 0.4) is 0 Å². The monoisotopic (exact) mass is 288 g/mol. The number of phenolic OH excluding ortho intramolecular Hbond substituents is 1. The maximum atomic E-state index is 12.3. The van der Waals surface area contributed by atoms with Crippen molar-refractivity contribution in [1.29, 1.82) is 0 Å². The number of ketones is 1. The Balaban J connectivity index is 2.33. The van der Waals surface area contributed by atoms with Gasteiger partial charge >= 0.3 is 0 Å². The summed E-state index contributed by atoms with van der Waals surface area (Å²) in [6.45, 7) is 1.55. The molecule has 0 atom stereocenters. The fraction of sp³-hybridized carbons (Fsp3) is 0.375. The topological polar surface area (TPSA) is 60.9 Å². The van der Waals surface area contributed by atoms with Gasteiger partial charge in [-0.25, -0.2) is 0 Å². The first-order chi connectivity index (χ1) is 10.0. The van der Waals surface area contributed by atoms with E-state index >= 15 is 0 Å². The van der Waals surface area contributed by atoms with Crippen LogP contribution >= 0.6 is 0 Å². The van der Waals surface area contributed by atoms with Crippen LogP contribution in [0.1, 0.15) is 23.2 Å². The first-order valence-corrected chi connectivity index (χ1v) is 7.01. The average molecular weight is 288 g/mol. The number of allylic oxidation sites excluding steroid dienone is 1. The minimum absolute atomic E-state index is 0.0724. The lowest BCUT2D eigenvalue weighted by Crippen LogP contribution is -2.33. The standard InChI is InChI=1S/C16H20N2O3/c1-17(2)16(21)13(18-9-5-6-10-18)11-15(20)12-7-3-4-8-14(12)19/h3-4,7-8,11,19H,5-6,9-10H2,1-2H3/b13-11+. The minimum Gasteiger partial charge on any atom is -0.507 e. The van der Waals surface area contributed by atoms with Crippen molar-refractivity contribution >= 4 is 11.7 Å². The number of likely N-dealkylation sites (N-methyl/N-ethyl adjacent to an activating group) is 1. The second-order valence-corrected chi connectivity index (χ2v) is 5.30. The number of hydrogen-bond acceptors (Lipinski definition) is 4. The van der Waals surface area contributed by atoms with E-state index < -0.39 is 0 Å². The molecule has 0 bridgehead atoms. The highest BCUT2D eigenvalue weighted by molar-refractivity contribution is 6.10. The number of phenols is 1. The summed E-state index contributed by atoms with van der Waals surface area (Å²) in [5, 5.41) is 9.75. The molecular formula is C16H20N2O3. The van der Waals surface area contributed by atoms with Gasteiger partial charge in [-0.2, -0.15) is 0 Å². The lowest BCUT2D eigenvalue weighted by atomic mass is 10.1. The summed E-state index contributed by atoms with van der Waals surface area (Å²) in [5.41, 5.74) is 0.603.